The van der Waals surface area contributed by atoms with Crippen molar-refractivity contribution in [1.82, 2.24) is 14.9 Å². The van der Waals surface area contributed by atoms with Gasteiger partial charge in [-0.25, -0.2) is 13.1 Å². The molecular weight excluding hydrogens is 416 g/mol. The molecule has 0 aliphatic heterocycles. The molecule has 1 aliphatic carbocycles. The summed E-state index contributed by atoms with van der Waals surface area (Å²) in [5, 5.41) is 16.0. The molecule has 1 aromatic carbocycles. The fraction of sp³-hybridized carbons (Fsp3) is 0.278. The van der Waals surface area contributed by atoms with Gasteiger partial charge in [0, 0.05) is 23.4 Å². The van der Waals surface area contributed by atoms with Gasteiger partial charge in [0.15, 0.2) is 0 Å². The Kier molecular flexibility index (Phi) is 5.54. The van der Waals surface area contributed by atoms with Gasteiger partial charge in [-0.3, -0.25) is 4.79 Å². The third-order valence-electron chi connectivity index (χ3n) is 4.21. The summed E-state index contributed by atoms with van der Waals surface area (Å²) >= 11 is 2.92. The average molecular weight is 435 g/mol. The molecule has 2 aromatic heterocycles. The Balaban J connectivity index is 1.30. The van der Waals surface area contributed by atoms with Crippen LogP contribution in [-0.2, 0) is 21.2 Å². The van der Waals surface area contributed by atoms with Crippen LogP contribution in [0.2, 0.25) is 0 Å². The first-order valence-electron chi connectivity index (χ1n) is 8.77. The monoisotopic (exact) mass is 434 g/mol. The summed E-state index contributed by atoms with van der Waals surface area (Å²) in [6.45, 7) is 0. The minimum atomic E-state index is -3.44. The molecule has 0 saturated heterocycles. The first-order valence-corrected chi connectivity index (χ1v) is 12.0. The van der Waals surface area contributed by atoms with E-state index in [1.54, 1.807) is 35.6 Å². The van der Waals surface area contributed by atoms with Crippen LogP contribution >= 0.6 is 22.7 Å². The summed E-state index contributed by atoms with van der Waals surface area (Å²) < 4.78 is 27.0. The van der Waals surface area contributed by atoms with Gasteiger partial charge in [-0.15, -0.1) is 10.2 Å². The lowest BCUT2D eigenvalue weighted by molar-refractivity contribution is -0.116. The molecule has 0 spiro atoms. The fourth-order valence-electron chi connectivity index (χ4n) is 2.54. The Hall–Kier alpha value is -2.14. The molecule has 28 heavy (non-hydrogen) atoms. The van der Waals surface area contributed by atoms with Crippen molar-refractivity contribution >= 4 is 43.7 Å². The van der Waals surface area contributed by atoms with Crippen LogP contribution in [0.4, 0.5) is 5.13 Å². The van der Waals surface area contributed by atoms with E-state index in [1.165, 1.54) is 11.3 Å². The highest BCUT2D eigenvalue weighted by Crippen LogP contribution is 2.28. The number of benzene rings is 1. The second-order valence-electron chi connectivity index (χ2n) is 6.51. The van der Waals surface area contributed by atoms with E-state index < -0.39 is 10.0 Å². The lowest BCUT2D eigenvalue weighted by Crippen LogP contribution is -2.25. The Morgan fingerprint density at radius 1 is 1.14 bits per heavy atom. The van der Waals surface area contributed by atoms with Crippen LogP contribution in [0.3, 0.4) is 0 Å². The van der Waals surface area contributed by atoms with E-state index in [9.17, 15) is 13.2 Å². The molecule has 0 radical (unpaired) electrons. The van der Waals surface area contributed by atoms with Crippen LogP contribution in [-0.4, -0.2) is 30.6 Å². The molecule has 7 nitrogen and oxygen atoms in total. The van der Waals surface area contributed by atoms with Crippen LogP contribution in [0.1, 0.15) is 24.8 Å². The van der Waals surface area contributed by atoms with Crippen LogP contribution in [0.25, 0.3) is 10.6 Å². The maximum atomic E-state index is 12.2. The highest BCUT2D eigenvalue weighted by molar-refractivity contribution is 7.89. The quantitative estimate of drug-likeness (QED) is 0.567. The van der Waals surface area contributed by atoms with Crippen LogP contribution < -0.4 is 10.0 Å². The number of amides is 1. The smallest absolute Gasteiger partial charge is 0.240 e. The van der Waals surface area contributed by atoms with E-state index in [0.29, 0.717) is 11.6 Å². The van der Waals surface area contributed by atoms with E-state index in [4.69, 9.17) is 0 Å². The lowest BCUT2D eigenvalue weighted by Gasteiger charge is -2.07. The fourth-order valence-corrected chi connectivity index (χ4v) is 5.32. The molecule has 2 heterocycles. The summed E-state index contributed by atoms with van der Waals surface area (Å²) in [6, 6.07) is 8.68. The molecule has 10 heteroatoms. The molecule has 1 aliphatic rings. The molecule has 0 bridgehead atoms. The Bertz CT molecular complexity index is 1060. The van der Waals surface area contributed by atoms with Crippen molar-refractivity contribution in [3.63, 3.8) is 0 Å². The number of aromatic nitrogens is 2. The standard InChI is InChI=1S/C18H18N4O3S3/c23-16(19-18-21-20-17(27-18)13-9-10-26-11-13)8-3-12-1-6-15(7-2-12)28(24,25)22-14-4-5-14/h1-2,6-7,9-11,14,22H,3-5,8H2,(H,19,21,23). The van der Waals surface area contributed by atoms with Gasteiger partial charge in [0.1, 0.15) is 5.01 Å². The number of rotatable bonds is 8. The topological polar surface area (TPSA) is 101 Å². The zero-order chi connectivity index (χ0) is 19.6. The largest absolute Gasteiger partial charge is 0.301 e. The van der Waals surface area contributed by atoms with Crippen molar-refractivity contribution in [2.24, 2.45) is 0 Å². The predicted molar refractivity (Wildman–Crippen MR) is 110 cm³/mol. The second-order valence-corrected chi connectivity index (χ2v) is 9.98. The molecule has 2 N–H and O–H groups in total. The minimum absolute atomic E-state index is 0.0778. The van der Waals surface area contributed by atoms with Crippen LogP contribution in [0.5, 0.6) is 0 Å². The van der Waals surface area contributed by atoms with Gasteiger partial charge in [-0.2, -0.15) is 11.3 Å². The van der Waals surface area contributed by atoms with Gasteiger partial charge in [0.2, 0.25) is 21.1 Å². The number of nitrogens with one attached hydrogen (secondary N) is 2. The highest BCUT2D eigenvalue weighted by Gasteiger charge is 2.27. The Morgan fingerprint density at radius 3 is 2.61 bits per heavy atom. The third kappa shape index (κ3) is 4.82. The molecule has 4 rings (SSSR count). The molecule has 1 amide bonds. The zero-order valence-corrected chi connectivity index (χ0v) is 17.2. The SMILES string of the molecule is O=C(CCc1ccc(S(=O)(=O)NC2CC2)cc1)Nc1nnc(-c2ccsc2)s1. The van der Waals surface area contributed by atoms with Gasteiger partial charge in [-0.1, -0.05) is 23.5 Å². The molecule has 0 unspecified atom stereocenters. The molecule has 3 aromatic rings. The van der Waals surface area contributed by atoms with E-state index in [-0.39, 0.29) is 23.3 Å². The molecule has 1 fully saturated rings. The molecule has 146 valence electrons. The van der Waals surface area contributed by atoms with E-state index >= 15 is 0 Å². The van der Waals surface area contributed by atoms with Crippen molar-refractivity contribution in [1.29, 1.82) is 0 Å². The predicted octanol–water partition coefficient (Wildman–Crippen LogP) is 3.28. The number of carbonyl (C=O) groups is 1. The van der Waals surface area contributed by atoms with Crippen molar-refractivity contribution < 1.29 is 13.2 Å². The summed E-state index contributed by atoms with van der Waals surface area (Å²) in [5.74, 6) is -0.153. The molecular formula is C18H18N4O3S3. The summed E-state index contributed by atoms with van der Waals surface area (Å²) in [7, 11) is -3.44. The number of nitrogens with zero attached hydrogens (tertiary/aromatic N) is 2. The first-order chi connectivity index (χ1) is 13.5. The number of aryl methyl sites for hydroxylation is 1. The minimum Gasteiger partial charge on any atom is -0.301 e. The number of hydrogen-bond acceptors (Lipinski definition) is 7. The average Bonchev–Trinajstić information content (AvgIpc) is 3.12. The number of anilines is 1. The Morgan fingerprint density at radius 2 is 1.93 bits per heavy atom. The van der Waals surface area contributed by atoms with Crippen molar-refractivity contribution in [3.8, 4) is 10.6 Å². The van der Waals surface area contributed by atoms with Gasteiger partial charge in [0.25, 0.3) is 0 Å². The normalized spacial score (nSPS) is 14.1. The van der Waals surface area contributed by atoms with Crippen molar-refractivity contribution in [3.05, 3.63) is 46.7 Å². The first kappa shape index (κ1) is 19.2. The van der Waals surface area contributed by atoms with E-state index in [1.807, 2.05) is 16.8 Å². The summed E-state index contributed by atoms with van der Waals surface area (Å²) in [4.78, 5) is 12.4. The van der Waals surface area contributed by atoms with Crippen molar-refractivity contribution in [2.45, 2.75) is 36.6 Å². The maximum absolute atomic E-state index is 12.2. The van der Waals surface area contributed by atoms with Crippen molar-refractivity contribution in [2.75, 3.05) is 5.32 Å². The van der Waals surface area contributed by atoms with Crippen LogP contribution in [0, 0.1) is 0 Å². The Labute approximate surface area is 170 Å². The number of carbonyl (C=O) groups excluding carboxylic acids is 1. The van der Waals surface area contributed by atoms with Gasteiger partial charge >= 0.3 is 0 Å². The highest BCUT2D eigenvalue weighted by atomic mass is 32.2. The molecule has 0 atom stereocenters. The van der Waals surface area contributed by atoms with E-state index in [0.717, 1.165) is 29.0 Å². The lowest BCUT2D eigenvalue weighted by atomic mass is 10.1. The van der Waals surface area contributed by atoms with Gasteiger partial charge in [0.05, 0.1) is 4.90 Å². The summed E-state index contributed by atoms with van der Waals surface area (Å²) in [6.07, 6.45) is 2.59. The number of hydrogen-bond donors (Lipinski definition) is 2. The van der Waals surface area contributed by atoms with E-state index in [2.05, 4.69) is 20.2 Å². The van der Waals surface area contributed by atoms with Gasteiger partial charge < -0.3 is 5.32 Å². The third-order valence-corrected chi connectivity index (χ3v) is 7.32. The molecule has 1 saturated carbocycles. The number of sulfonamides is 1. The second kappa shape index (κ2) is 8.08. The van der Waals surface area contributed by atoms with Crippen LogP contribution in [0.15, 0.2) is 46.0 Å². The summed E-state index contributed by atoms with van der Waals surface area (Å²) in [5.41, 5.74) is 1.89. The maximum Gasteiger partial charge on any atom is 0.240 e. The van der Waals surface area contributed by atoms with Gasteiger partial charge in [-0.05, 0) is 48.4 Å². The zero-order valence-electron chi connectivity index (χ0n) is 14.8. The number of thiophene rings is 1.